The van der Waals surface area contributed by atoms with Gasteiger partial charge in [-0.2, -0.15) is 0 Å². The van der Waals surface area contributed by atoms with Crippen LogP contribution in [0.4, 0.5) is 4.39 Å². The molecule has 1 aromatic carbocycles. The molecule has 1 aromatic rings. The van der Waals surface area contributed by atoms with Crippen molar-refractivity contribution in [3.8, 4) is 0 Å². The molecule has 2 rings (SSSR count). The van der Waals surface area contributed by atoms with E-state index in [-0.39, 0.29) is 5.82 Å². The Kier molecular flexibility index (Phi) is 3.98. The molecule has 1 unspecified atom stereocenters. The maximum Gasteiger partial charge on any atom is 0.128 e. The highest BCUT2D eigenvalue weighted by Crippen LogP contribution is 2.34. The highest BCUT2D eigenvalue weighted by Gasteiger charge is 2.29. The van der Waals surface area contributed by atoms with Crippen molar-refractivity contribution in [2.45, 2.75) is 38.8 Å². The summed E-state index contributed by atoms with van der Waals surface area (Å²) in [6.07, 6.45) is 3.78. The predicted octanol–water partition coefficient (Wildman–Crippen LogP) is 3.87. The van der Waals surface area contributed by atoms with Crippen molar-refractivity contribution in [2.75, 3.05) is 0 Å². The second-order valence-electron chi connectivity index (χ2n) is 4.47. The van der Waals surface area contributed by atoms with Gasteiger partial charge in [0.1, 0.15) is 5.82 Å². The molecule has 1 saturated carbocycles. The van der Waals surface area contributed by atoms with E-state index in [9.17, 15) is 4.39 Å². The fourth-order valence-electron chi connectivity index (χ4n) is 2.05. The molecule has 1 N–H and O–H groups in total. The van der Waals surface area contributed by atoms with Crippen molar-refractivity contribution in [1.29, 1.82) is 0 Å². The minimum atomic E-state index is -0.132. The standard InChI is InChI=1S/C13H17BrFN/c1-2-13(9-3-4-9)16-8-10-5-6-11(14)7-12(10)15/h5-7,9,13,16H,2-4,8H2,1H3. The van der Waals surface area contributed by atoms with Gasteiger partial charge in [0.25, 0.3) is 0 Å². The van der Waals surface area contributed by atoms with Crippen LogP contribution in [-0.2, 0) is 6.54 Å². The van der Waals surface area contributed by atoms with Crippen LogP contribution >= 0.6 is 15.9 Å². The van der Waals surface area contributed by atoms with E-state index in [0.29, 0.717) is 12.6 Å². The lowest BCUT2D eigenvalue weighted by Crippen LogP contribution is -2.30. The second kappa shape index (κ2) is 5.28. The van der Waals surface area contributed by atoms with Gasteiger partial charge in [-0.15, -0.1) is 0 Å². The second-order valence-corrected chi connectivity index (χ2v) is 5.38. The van der Waals surface area contributed by atoms with Gasteiger partial charge in [0, 0.05) is 22.6 Å². The lowest BCUT2D eigenvalue weighted by molar-refractivity contribution is 0.443. The van der Waals surface area contributed by atoms with Crippen molar-refractivity contribution in [3.63, 3.8) is 0 Å². The van der Waals surface area contributed by atoms with Crippen LogP contribution in [0.2, 0.25) is 0 Å². The van der Waals surface area contributed by atoms with Crippen molar-refractivity contribution in [2.24, 2.45) is 5.92 Å². The molecule has 0 aromatic heterocycles. The fraction of sp³-hybridized carbons (Fsp3) is 0.538. The quantitative estimate of drug-likeness (QED) is 0.866. The van der Waals surface area contributed by atoms with E-state index >= 15 is 0 Å². The van der Waals surface area contributed by atoms with E-state index < -0.39 is 0 Å². The van der Waals surface area contributed by atoms with E-state index in [0.717, 1.165) is 22.4 Å². The van der Waals surface area contributed by atoms with Crippen molar-refractivity contribution < 1.29 is 4.39 Å². The Morgan fingerprint density at radius 2 is 2.25 bits per heavy atom. The van der Waals surface area contributed by atoms with Gasteiger partial charge >= 0.3 is 0 Å². The maximum atomic E-state index is 13.6. The van der Waals surface area contributed by atoms with Gasteiger partial charge in [-0.05, 0) is 37.3 Å². The average molecular weight is 286 g/mol. The smallest absolute Gasteiger partial charge is 0.128 e. The van der Waals surface area contributed by atoms with Crippen LogP contribution in [0.3, 0.4) is 0 Å². The first-order chi connectivity index (χ1) is 7.70. The Hall–Kier alpha value is -0.410. The van der Waals surface area contributed by atoms with Crippen LogP contribution in [0.1, 0.15) is 31.7 Å². The summed E-state index contributed by atoms with van der Waals surface area (Å²) in [7, 11) is 0. The summed E-state index contributed by atoms with van der Waals surface area (Å²) in [5.74, 6) is 0.691. The number of halogens is 2. The van der Waals surface area contributed by atoms with Gasteiger partial charge < -0.3 is 5.32 Å². The molecule has 0 aliphatic heterocycles. The van der Waals surface area contributed by atoms with E-state index in [4.69, 9.17) is 0 Å². The summed E-state index contributed by atoms with van der Waals surface area (Å²) < 4.78 is 14.3. The van der Waals surface area contributed by atoms with Gasteiger partial charge in [-0.1, -0.05) is 28.9 Å². The topological polar surface area (TPSA) is 12.0 Å². The van der Waals surface area contributed by atoms with Gasteiger partial charge in [0.15, 0.2) is 0 Å². The maximum absolute atomic E-state index is 13.6. The SMILES string of the molecule is CCC(NCc1ccc(Br)cc1F)C1CC1. The number of nitrogens with one attached hydrogen (secondary N) is 1. The Balaban J connectivity index is 1.92. The van der Waals surface area contributed by atoms with E-state index in [1.165, 1.54) is 18.9 Å². The molecule has 0 spiro atoms. The average Bonchev–Trinajstić information content (AvgIpc) is 3.06. The molecule has 0 saturated heterocycles. The van der Waals surface area contributed by atoms with Crippen LogP contribution in [0.15, 0.2) is 22.7 Å². The van der Waals surface area contributed by atoms with Crippen LogP contribution in [0.25, 0.3) is 0 Å². The van der Waals surface area contributed by atoms with Gasteiger partial charge in [0.05, 0.1) is 0 Å². The predicted molar refractivity (Wildman–Crippen MR) is 67.7 cm³/mol. The van der Waals surface area contributed by atoms with E-state index in [1.54, 1.807) is 0 Å². The van der Waals surface area contributed by atoms with Crippen molar-refractivity contribution in [1.82, 2.24) is 5.32 Å². The third kappa shape index (κ3) is 3.05. The normalized spacial score (nSPS) is 17.4. The van der Waals surface area contributed by atoms with Crippen LogP contribution in [-0.4, -0.2) is 6.04 Å². The molecular formula is C13H17BrFN. The van der Waals surface area contributed by atoms with Gasteiger partial charge in [-0.3, -0.25) is 0 Å². The molecule has 1 nitrogen and oxygen atoms in total. The first kappa shape index (κ1) is 12.1. The molecule has 0 bridgehead atoms. The minimum Gasteiger partial charge on any atom is -0.310 e. The van der Waals surface area contributed by atoms with Gasteiger partial charge in [0.2, 0.25) is 0 Å². The molecule has 1 aliphatic rings. The highest BCUT2D eigenvalue weighted by molar-refractivity contribution is 9.10. The molecular weight excluding hydrogens is 269 g/mol. The largest absolute Gasteiger partial charge is 0.310 e. The lowest BCUT2D eigenvalue weighted by Gasteiger charge is -2.16. The summed E-state index contributed by atoms with van der Waals surface area (Å²) in [6.45, 7) is 2.82. The summed E-state index contributed by atoms with van der Waals surface area (Å²) in [5.41, 5.74) is 0.752. The lowest BCUT2D eigenvalue weighted by atomic mass is 10.1. The summed E-state index contributed by atoms with van der Waals surface area (Å²) >= 11 is 3.26. The van der Waals surface area contributed by atoms with Crippen molar-refractivity contribution in [3.05, 3.63) is 34.1 Å². The minimum absolute atomic E-state index is 0.132. The molecule has 0 heterocycles. The molecule has 16 heavy (non-hydrogen) atoms. The molecule has 0 radical (unpaired) electrons. The Labute approximate surface area is 105 Å². The zero-order chi connectivity index (χ0) is 11.5. The fourth-order valence-corrected chi connectivity index (χ4v) is 2.38. The van der Waals surface area contributed by atoms with Crippen LogP contribution < -0.4 is 5.32 Å². The van der Waals surface area contributed by atoms with Crippen LogP contribution in [0.5, 0.6) is 0 Å². The first-order valence-electron chi connectivity index (χ1n) is 5.88. The van der Waals surface area contributed by atoms with Gasteiger partial charge in [-0.25, -0.2) is 4.39 Å². The Bertz CT molecular complexity index is 363. The number of hydrogen-bond donors (Lipinski definition) is 1. The summed E-state index contributed by atoms with van der Waals surface area (Å²) in [5, 5.41) is 3.45. The molecule has 88 valence electrons. The molecule has 1 atom stereocenters. The first-order valence-corrected chi connectivity index (χ1v) is 6.67. The zero-order valence-corrected chi connectivity index (χ0v) is 11.1. The molecule has 1 fully saturated rings. The molecule has 0 amide bonds. The molecule has 3 heteroatoms. The van der Waals surface area contributed by atoms with E-state index in [2.05, 4.69) is 28.2 Å². The van der Waals surface area contributed by atoms with Crippen molar-refractivity contribution >= 4 is 15.9 Å². The Morgan fingerprint density at radius 3 is 2.81 bits per heavy atom. The highest BCUT2D eigenvalue weighted by atomic mass is 79.9. The number of rotatable bonds is 5. The van der Waals surface area contributed by atoms with E-state index in [1.807, 2.05) is 12.1 Å². The summed E-state index contributed by atoms with van der Waals surface area (Å²) in [6, 6.07) is 5.81. The number of hydrogen-bond acceptors (Lipinski definition) is 1. The third-order valence-electron chi connectivity index (χ3n) is 3.20. The molecule has 1 aliphatic carbocycles. The number of benzene rings is 1. The summed E-state index contributed by atoms with van der Waals surface area (Å²) in [4.78, 5) is 0. The zero-order valence-electron chi connectivity index (χ0n) is 9.47. The van der Waals surface area contributed by atoms with Crippen LogP contribution in [0, 0.1) is 11.7 Å². The Morgan fingerprint density at radius 1 is 1.50 bits per heavy atom. The third-order valence-corrected chi connectivity index (χ3v) is 3.69. The monoisotopic (exact) mass is 285 g/mol.